The smallest absolute Gasteiger partial charge is 0.224 e. The second kappa shape index (κ2) is 7.23. The topological polar surface area (TPSA) is 104 Å². The zero-order valence-corrected chi connectivity index (χ0v) is 16.0. The van der Waals surface area contributed by atoms with Crippen LogP contribution in [0.1, 0.15) is 25.0 Å². The number of hydrogen-bond donors (Lipinski definition) is 2. The molecule has 140 valence electrons. The van der Waals surface area contributed by atoms with Crippen LogP contribution in [0, 0.1) is 0 Å². The third kappa shape index (κ3) is 3.03. The Bertz CT molecular complexity index is 1170. The van der Waals surface area contributed by atoms with Crippen molar-refractivity contribution < 1.29 is 0 Å². The summed E-state index contributed by atoms with van der Waals surface area (Å²) in [5.41, 5.74) is 18.8. The zero-order valence-electron chi connectivity index (χ0n) is 16.0. The van der Waals surface area contributed by atoms with Gasteiger partial charge in [0.15, 0.2) is 17.0 Å². The number of anilines is 2. The molecule has 0 aliphatic rings. The molecule has 6 nitrogen and oxygen atoms in total. The SMILES string of the molecule is CCc1ccccc1-c1nc2nc(N)nc(N)c2nc1-c1ccccc1CC. The summed E-state index contributed by atoms with van der Waals surface area (Å²) in [6.07, 6.45) is 1.78. The van der Waals surface area contributed by atoms with Gasteiger partial charge in [0, 0.05) is 11.1 Å². The van der Waals surface area contributed by atoms with Crippen molar-refractivity contribution in [3.63, 3.8) is 0 Å². The molecule has 2 aromatic heterocycles. The zero-order chi connectivity index (χ0) is 19.7. The van der Waals surface area contributed by atoms with E-state index in [0.717, 1.165) is 35.4 Å². The van der Waals surface area contributed by atoms with Gasteiger partial charge in [0.1, 0.15) is 0 Å². The molecule has 0 unspecified atom stereocenters. The van der Waals surface area contributed by atoms with Crippen molar-refractivity contribution >= 4 is 22.9 Å². The van der Waals surface area contributed by atoms with Crippen LogP contribution < -0.4 is 11.5 Å². The van der Waals surface area contributed by atoms with Crippen molar-refractivity contribution in [2.75, 3.05) is 11.5 Å². The normalized spacial score (nSPS) is 11.1. The summed E-state index contributed by atoms with van der Waals surface area (Å²) in [5.74, 6) is 0.330. The summed E-state index contributed by atoms with van der Waals surface area (Å²) < 4.78 is 0. The Morgan fingerprint density at radius 1 is 0.679 bits per heavy atom. The molecule has 2 aromatic carbocycles. The van der Waals surface area contributed by atoms with Crippen molar-refractivity contribution in [2.45, 2.75) is 26.7 Å². The molecule has 28 heavy (non-hydrogen) atoms. The maximum Gasteiger partial charge on any atom is 0.224 e. The molecule has 0 saturated heterocycles. The van der Waals surface area contributed by atoms with Crippen molar-refractivity contribution in [2.24, 2.45) is 0 Å². The molecule has 4 aromatic rings. The molecule has 4 rings (SSSR count). The lowest BCUT2D eigenvalue weighted by atomic mass is 9.95. The van der Waals surface area contributed by atoms with E-state index in [2.05, 4.69) is 48.1 Å². The Hall–Kier alpha value is -3.54. The molecule has 0 aliphatic heterocycles. The van der Waals surface area contributed by atoms with Gasteiger partial charge in [-0.05, 0) is 24.0 Å². The fourth-order valence-electron chi connectivity index (χ4n) is 3.48. The molecular weight excluding hydrogens is 348 g/mol. The van der Waals surface area contributed by atoms with E-state index in [0.29, 0.717) is 11.2 Å². The summed E-state index contributed by atoms with van der Waals surface area (Å²) in [6.45, 7) is 4.26. The monoisotopic (exact) mass is 370 g/mol. The van der Waals surface area contributed by atoms with Gasteiger partial charge < -0.3 is 11.5 Å². The highest BCUT2D eigenvalue weighted by Gasteiger charge is 2.19. The van der Waals surface area contributed by atoms with Gasteiger partial charge in [0.25, 0.3) is 0 Å². The lowest BCUT2D eigenvalue weighted by Crippen LogP contribution is -2.06. The van der Waals surface area contributed by atoms with Gasteiger partial charge in [0.05, 0.1) is 11.4 Å². The third-order valence-corrected chi connectivity index (χ3v) is 4.88. The first-order valence-corrected chi connectivity index (χ1v) is 9.39. The first-order chi connectivity index (χ1) is 13.6. The van der Waals surface area contributed by atoms with Crippen LogP contribution in [0.2, 0.25) is 0 Å². The Labute approximate surface area is 163 Å². The Morgan fingerprint density at radius 3 is 1.79 bits per heavy atom. The lowest BCUT2D eigenvalue weighted by Gasteiger charge is -2.15. The Morgan fingerprint density at radius 2 is 1.21 bits per heavy atom. The fraction of sp³-hybridized carbons (Fsp3) is 0.182. The molecule has 0 spiro atoms. The number of nitrogens with zero attached hydrogens (tertiary/aromatic N) is 4. The van der Waals surface area contributed by atoms with Crippen molar-refractivity contribution in [1.82, 2.24) is 19.9 Å². The van der Waals surface area contributed by atoms with Crippen LogP contribution in [0.15, 0.2) is 48.5 Å². The number of nitrogen functional groups attached to an aromatic ring is 2. The van der Waals surface area contributed by atoms with E-state index in [9.17, 15) is 0 Å². The molecule has 0 radical (unpaired) electrons. The Kier molecular flexibility index (Phi) is 4.61. The van der Waals surface area contributed by atoms with Crippen molar-refractivity contribution in [3.05, 3.63) is 59.7 Å². The van der Waals surface area contributed by atoms with E-state index >= 15 is 0 Å². The molecule has 6 heteroatoms. The largest absolute Gasteiger partial charge is 0.382 e. The maximum atomic E-state index is 6.09. The molecular formula is C22H22N6. The van der Waals surface area contributed by atoms with Crippen LogP contribution in [0.4, 0.5) is 11.8 Å². The van der Waals surface area contributed by atoms with Crippen molar-refractivity contribution in [1.29, 1.82) is 0 Å². The second-order valence-corrected chi connectivity index (χ2v) is 6.58. The van der Waals surface area contributed by atoms with Crippen LogP contribution in [-0.2, 0) is 12.8 Å². The van der Waals surface area contributed by atoms with Crippen molar-refractivity contribution in [3.8, 4) is 22.5 Å². The number of aromatic nitrogens is 4. The summed E-state index contributed by atoms with van der Waals surface area (Å²) in [6, 6.07) is 16.5. The highest BCUT2D eigenvalue weighted by molar-refractivity contribution is 5.90. The minimum absolute atomic E-state index is 0.0933. The van der Waals surface area contributed by atoms with Gasteiger partial charge >= 0.3 is 0 Å². The van der Waals surface area contributed by atoms with Gasteiger partial charge in [-0.25, -0.2) is 9.97 Å². The standard InChI is InChI=1S/C22H22N6/c1-3-13-9-5-7-11-15(13)17-18(16-12-8-6-10-14(16)4-2)26-21-19(25-17)20(23)27-22(24)28-21/h5-12H,3-4H2,1-2H3,(H4,23,24,26,27,28). The lowest BCUT2D eigenvalue weighted by molar-refractivity contribution is 1.11. The summed E-state index contributed by atoms with van der Waals surface area (Å²) in [5, 5.41) is 0. The van der Waals surface area contributed by atoms with E-state index < -0.39 is 0 Å². The van der Waals surface area contributed by atoms with E-state index in [-0.39, 0.29) is 11.8 Å². The highest BCUT2D eigenvalue weighted by atomic mass is 15.1. The summed E-state index contributed by atoms with van der Waals surface area (Å²) in [7, 11) is 0. The van der Waals surface area contributed by atoms with Crippen LogP contribution in [-0.4, -0.2) is 19.9 Å². The van der Waals surface area contributed by atoms with Gasteiger partial charge in [0.2, 0.25) is 5.95 Å². The quantitative estimate of drug-likeness (QED) is 0.562. The summed E-state index contributed by atoms with van der Waals surface area (Å²) >= 11 is 0. The number of fused-ring (bicyclic) bond motifs is 1. The van der Waals surface area contributed by atoms with Crippen LogP contribution in [0.25, 0.3) is 33.7 Å². The maximum absolute atomic E-state index is 6.09. The predicted octanol–water partition coefficient (Wildman–Crippen LogP) is 4.04. The predicted molar refractivity (Wildman–Crippen MR) is 114 cm³/mol. The number of benzene rings is 2. The number of aryl methyl sites for hydroxylation is 2. The number of nitrogens with two attached hydrogens (primary N) is 2. The molecule has 4 N–H and O–H groups in total. The molecule has 0 bridgehead atoms. The molecule has 0 aliphatic carbocycles. The highest BCUT2D eigenvalue weighted by Crippen LogP contribution is 2.35. The summed E-state index contributed by atoms with van der Waals surface area (Å²) in [4.78, 5) is 18.1. The minimum Gasteiger partial charge on any atom is -0.382 e. The molecule has 2 heterocycles. The van der Waals surface area contributed by atoms with Gasteiger partial charge in [-0.15, -0.1) is 0 Å². The third-order valence-electron chi connectivity index (χ3n) is 4.88. The first-order valence-electron chi connectivity index (χ1n) is 9.39. The van der Waals surface area contributed by atoms with E-state index in [1.807, 2.05) is 24.3 Å². The van der Waals surface area contributed by atoms with Crippen LogP contribution in [0.5, 0.6) is 0 Å². The first kappa shape index (κ1) is 17.9. The average Bonchev–Trinajstić information content (AvgIpc) is 2.72. The van der Waals surface area contributed by atoms with Crippen LogP contribution >= 0.6 is 0 Å². The molecule has 0 fully saturated rings. The van der Waals surface area contributed by atoms with Gasteiger partial charge in [-0.2, -0.15) is 9.97 Å². The number of hydrogen-bond acceptors (Lipinski definition) is 6. The molecule has 0 atom stereocenters. The van der Waals surface area contributed by atoms with E-state index in [4.69, 9.17) is 21.4 Å². The molecule has 0 saturated carbocycles. The van der Waals surface area contributed by atoms with Gasteiger partial charge in [-0.1, -0.05) is 62.4 Å². The minimum atomic E-state index is 0.0933. The second-order valence-electron chi connectivity index (χ2n) is 6.58. The van der Waals surface area contributed by atoms with Crippen LogP contribution in [0.3, 0.4) is 0 Å². The Balaban J connectivity index is 2.12. The molecule has 0 amide bonds. The number of rotatable bonds is 4. The van der Waals surface area contributed by atoms with Gasteiger partial charge in [-0.3, -0.25) is 0 Å². The van der Waals surface area contributed by atoms with E-state index in [1.54, 1.807) is 0 Å². The fourth-order valence-corrected chi connectivity index (χ4v) is 3.48. The average molecular weight is 370 g/mol. The van der Waals surface area contributed by atoms with E-state index in [1.165, 1.54) is 11.1 Å².